The van der Waals surface area contributed by atoms with Crippen molar-refractivity contribution in [3.8, 4) is 55.6 Å². The molecule has 11 rings (SSSR count). The number of hydrogen-bond acceptors (Lipinski definition) is 0. The third-order valence-corrected chi connectivity index (χ3v) is 13.6. The van der Waals surface area contributed by atoms with Gasteiger partial charge in [0, 0.05) is 0 Å². The summed E-state index contributed by atoms with van der Waals surface area (Å²) >= 11 is -0.826. The van der Waals surface area contributed by atoms with Crippen LogP contribution in [0.4, 0.5) is 0 Å². The summed E-state index contributed by atoms with van der Waals surface area (Å²) in [4.78, 5) is 0. The normalized spacial score (nSPS) is 11.2. The van der Waals surface area contributed by atoms with Crippen molar-refractivity contribution in [1.29, 1.82) is 0 Å². The maximum atomic E-state index is 4.93. The molecule has 1 aliphatic rings. The minimum atomic E-state index is -0.826. The van der Waals surface area contributed by atoms with Crippen LogP contribution in [0.3, 0.4) is 0 Å². The first-order valence-corrected chi connectivity index (χ1v) is 30.0. The third kappa shape index (κ3) is 10.4. The maximum Gasteiger partial charge on any atom is 0.0920 e. The van der Waals surface area contributed by atoms with Crippen LogP contribution in [0.1, 0.15) is 61.8 Å². The van der Waals surface area contributed by atoms with Gasteiger partial charge in [-0.05, 0) is 45.2 Å². The monoisotopic (exact) mass is 985 g/mol. The Kier molecular flexibility index (Phi) is 15.7. The maximum absolute atomic E-state index is 4.93. The Balaban J connectivity index is 0.000000136. The van der Waals surface area contributed by atoms with Gasteiger partial charge in [-0.25, -0.2) is 0 Å². The van der Waals surface area contributed by atoms with Crippen LogP contribution in [0.15, 0.2) is 200 Å². The van der Waals surface area contributed by atoms with Crippen molar-refractivity contribution in [2.75, 3.05) is 0 Å². The molecule has 0 atom stereocenters. The Hall–Kier alpha value is -5.34. The summed E-state index contributed by atoms with van der Waals surface area (Å²) in [6.07, 6.45) is 0. The van der Waals surface area contributed by atoms with Gasteiger partial charge in [0.15, 0.2) is 0 Å². The molecule has 0 amide bonds. The third-order valence-electron chi connectivity index (χ3n) is 12.3. The van der Waals surface area contributed by atoms with Crippen molar-refractivity contribution >= 4 is 58.5 Å². The summed E-state index contributed by atoms with van der Waals surface area (Å²) in [5.74, 6) is 0.969. The molecule has 10 aromatic carbocycles. The molecule has 4 heteroatoms. The summed E-state index contributed by atoms with van der Waals surface area (Å²) in [7, 11) is 10.7. The largest absolute Gasteiger partial charge is 0.184 e. The molecule has 0 nitrogen and oxygen atoms in total. The van der Waals surface area contributed by atoms with Crippen LogP contribution in [0.25, 0.3) is 77.2 Å². The molecule has 0 saturated heterocycles. The molecular formula is C62H53Cl2SiZr-3. The summed E-state index contributed by atoms with van der Waals surface area (Å²) in [5.41, 5.74) is 18.8. The van der Waals surface area contributed by atoms with E-state index in [9.17, 15) is 0 Å². The van der Waals surface area contributed by atoms with Crippen molar-refractivity contribution < 1.29 is 20.8 Å². The first-order valence-electron chi connectivity index (χ1n) is 22.7. The van der Waals surface area contributed by atoms with Crippen molar-refractivity contribution in [2.45, 2.75) is 53.4 Å². The summed E-state index contributed by atoms with van der Waals surface area (Å²) in [6, 6.07) is 75.6. The van der Waals surface area contributed by atoms with E-state index in [0.717, 1.165) is 9.52 Å². The quantitative estimate of drug-likeness (QED) is 0.115. The van der Waals surface area contributed by atoms with Crippen molar-refractivity contribution in [1.82, 2.24) is 0 Å². The summed E-state index contributed by atoms with van der Waals surface area (Å²) in [6.45, 7) is 13.5. The molecule has 10 aromatic rings. The Morgan fingerprint density at radius 3 is 1.30 bits per heavy atom. The van der Waals surface area contributed by atoms with Crippen LogP contribution in [-0.2, 0) is 20.8 Å². The van der Waals surface area contributed by atoms with Crippen LogP contribution >= 0.6 is 17.0 Å². The van der Waals surface area contributed by atoms with Gasteiger partial charge >= 0.3 is 37.9 Å². The van der Waals surface area contributed by atoms with Gasteiger partial charge in [0.05, 0.1) is 9.52 Å². The van der Waals surface area contributed by atoms with Gasteiger partial charge in [0.25, 0.3) is 0 Å². The van der Waals surface area contributed by atoms with Crippen molar-refractivity contribution in [3.63, 3.8) is 0 Å². The van der Waals surface area contributed by atoms with E-state index in [1.165, 1.54) is 110 Å². The van der Waals surface area contributed by atoms with Gasteiger partial charge in [-0.1, -0.05) is 208 Å². The second kappa shape index (κ2) is 22.0. The number of hydrogen-bond donors (Lipinski definition) is 0. The van der Waals surface area contributed by atoms with Crippen LogP contribution in [0.5, 0.6) is 0 Å². The predicted molar refractivity (Wildman–Crippen MR) is 286 cm³/mol. The Labute approximate surface area is 413 Å². The fraction of sp³-hybridized carbons (Fsp3) is 0.129. The topological polar surface area (TPSA) is 0 Å². The minimum Gasteiger partial charge on any atom is -0.184 e. The second-order valence-electron chi connectivity index (χ2n) is 17.5. The van der Waals surface area contributed by atoms with E-state index in [0.29, 0.717) is 11.8 Å². The van der Waals surface area contributed by atoms with Crippen molar-refractivity contribution in [2.24, 2.45) is 0 Å². The molecule has 2 radical (unpaired) electrons. The second-order valence-corrected chi connectivity index (χ2v) is 22.5. The van der Waals surface area contributed by atoms with E-state index in [1.807, 2.05) is 6.07 Å². The molecule has 0 saturated carbocycles. The Morgan fingerprint density at radius 1 is 0.455 bits per heavy atom. The molecular weight excluding hydrogens is 935 g/mol. The first-order chi connectivity index (χ1) is 32.2. The average Bonchev–Trinajstić information content (AvgIpc) is 4.05. The van der Waals surface area contributed by atoms with Gasteiger partial charge in [0.1, 0.15) is 0 Å². The molecule has 326 valence electrons. The number of fused-ring (bicyclic) bond motifs is 5. The zero-order valence-corrected chi connectivity index (χ0v) is 43.4. The molecule has 0 bridgehead atoms. The Morgan fingerprint density at radius 2 is 0.848 bits per heavy atom. The fourth-order valence-corrected chi connectivity index (χ4v) is 10.6. The SMILES string of the molecule is Cc1cc2c(-c3ccccc3-c3ccccc3)c(C(C)C)ccc2[cH-]1.Cc1cc2c(-c3ccccc3-c3ccccc3)c(C(C)C)ccc2[cH-]1.[Cl][Zr][Cl].[c-]1cccc2c1[Si]c1ccccc1-2. The fourth-order valence-electron chi connectivity index (χ4n) is 9.33. The standard InChI is InChI=1S/2C25H23.C12H7Si.2ClH.Zr/c2*1-17(2)21-14-13-20-15-18(3)16-24(20)25(21)23-12-8-7-11-22(23)19-9-5-4-6-10-19;1-3-7-11-9(5-1)10-6-2-4-8-12(10)13-11;;;/h2*4-17H,1-3H3;1-7H;2*1H;/q3*-1;;;+2/p-2. The summed E-state index contributed by atoms with van der Waals surface area (Å²) in [5, 5.41) is 8.22. The molecule has 1 aliphatic heterocycles. The number of benzene rings is 8. The van der Waals surface area contributed by atoms with Crippen LogP contribution in [-0.4, -0.2) is 9.52 Å². The van der Waals surface area contributed by atoms with E-state index < -0.39 is 20.8 Å². The van der Waals surface area contributed by atoms with E-state index >= 15 is 0 Å². The molecule has 1 heterocycles. The van der Waals surface area contributed by atoms with Gasteiger partial charge in [0.2, 0.25) is 0 Å². The molecule has 66 heavy (non-hydrogen) atoms. The average molecular weight is 988 g/mol. The first kappa shape index (κ1) is 47.2. The van der Waals surface area contributed by atoms with Gasteiger partial charge < -0.3 is 0 Å². The van der Waals surface area contributed by atoms with Crippen LogP contribution in [0, 0.1) is 19.9 Å². The molecule has 0 aromatic heterocycles. The van der Waals surface area contributed by atoms with E-state index in [-0.39, 0.29) is 0 Å². The van der Waals surface area contributed by atoms with Gasteiger partial charge in [-0.3, -0.25) is 0 Å². The molecule has 0 fully saturated rings. The molecule has 0 spiro atoms. The Bertz CT molecular complexity index is 2980. The van der Waals surface area contributed by atoms with E-state index in [2.05, 4.69) is 242 Å². The molecule has 0 aliphatic carbocycles. The minimum absolute atomic E-state index is 0.485. The number of halogens is 2. The smallest absolute Gasteiger partial charge is 0.0920 e. The zero-order chi connectivity index (χ0) is 46.2. The number of aryl methyl sites for hydroxylation is 2. The zero-order valence-electron chi connectivity index (χ0n) is 38.5. The van der Waals surface area contributed by atoms with E-state index in [1.54, 1.807) is 0 Å². The van der Waals surface area contributed by atoms with Crippen LogP contribution in [0.2, 0.25) is 0 Å². The summed E-state index contributed by atoms with van der Waals surface area (Å²) < 4.78 is 0. The predicted octanol–water partition coefficient (Wildman–Crippen LogP) is 17.1. The van der Waals surface area contributed by atoms with Gasteiger partial charge in [-0.15, -0.1) is 74.6 Å². The molecule has 0 N–H and O–H groups in total. The van der Waals surface area contributed by atoms with Gasteiger partial charge in [-0.2, -0.15) is 41.6 Å². The molecule has 0 unspecified atom stereocenters. The van der Waals surface area contributed by atoms with Crippen molar-refractivity contribution in [3.05, 3.63) is 229 Å². The number of rotatable bonds is 6. The van der Waals surface area contributed by atoms with E-state index in [4.69, 9.17) is 17.0 Å². The van der Waals surface area contributed by atoms with Crippen LogP contribution < -0.4 is 10.4 Å².